The summed E-state index contributed by atoms with van der Waals surface area (Å²) < 4.78 is 18.6. The Labute approximate surface area is 116 Å². The SMILES string of the molecule is CCOc1cc(Nc2cc(F)ccc2Cl)ccc1N. The number of nitrogen functional groups attached to an aromatic ring is 1. The third-order valence-electron chi connectivity index (χ3n) is 2.52. The quantitative estimate of drug-likeness (QED) is 0.825. The molecule has 3 N–H and O–H groups in total. The number of hydrogen-bond donors (Lipinski definition) is 2. The minimum Gasteiger partial charge on any atom is -0.492 e. The van der Waals surface area contributed by atoms with Gasteiger partial charge in [-0.05, 0) is 37.3 Å². The van der Waals surface area contributed by atoms with Crippen LogP contribution in [0.1, 0.15) is 6.92 Å². The van der Waals surface area contributed by atoms with Gasteiger partial charge in [0, 0.05) is 11.8 Å². The minimum absolute atomic E-state index is 0.354. The van der Waals surface area contributed by atoms with Crippen molar-refractivity contribution in [2.45, 2.75) is 6.92 Å². The van der Waals surface area contributed by atoms with E-state index in [1.807, 2.05) is 6.92 Å². The van der Waals surface area contributed by atoms with Gasteiger partial charge in [-0.15, -0.1) is 0 Å². The predicted molar refractivity (Wildman–Crippen MR) is 76.7 cm³/mol. The zero-order valence-electron chi connectivity index (χ0n) is 10.4. The molecule has 0 aromatic heterocycles. The van der Waals surface area contributed by atoms with Crippen LogP contribution in [-0.2, 0) is 0 Å². The van der Waals surface area contributed by atoms with E-state index in [1.54, 1.807) is 18.2 Å². The molecule has 100 valence electrons. The molecular weight excluding hydrogens is 267 g/mol. The number of benzene rings is 2. The number of halogens is 2. The molecule has 19 heavy (non-hydrogen) atoms. The van der Waals surface area contributed by atoms with Crippen LogP contribution in [0.3, 0.4) is 0 Å². The lowest BCUT2D eigenvalue weighted by Gasteiger charge is -2.12. The Balaban J connectivity index is 2.28. The van der Waals surface area contributed by atoms with Crippen molar-refractivity contribution in [3.8, 4) is 5.75 Å². The Morgan fingerprint density at radius 3 is 2.79 bits per heavy atom. The van der Waals surface area contributed by atoms with Gasteiger partial charge in [0.1, 0.15) is 11.6 Å². The molecule has 2 rings (SSSR count). The fourth-order valence-electron chi connectivity index (χ4n) is 1.64. The Morgan fingerprint density at radius 1 is 1.26 bits per heavy atom. The Kier molecular flexibility index (Phi) is 4.12. The molecule has 3 nitrogen and oxygen atoms in total. The van der Waals surface area contributed by atoms with E-state index >= 15 is 0 Å². The summed E-state index contributed by atoms with van der Waals surface area (Å²) in [5.74, 6) is 0.229. The van der Waals surface area contributed by atoms with E-state index in [0.717, 1.165) is 5.69 Å². The molecule has 0 spiro atoms. The standard InChI is InChI=1S/C14H14ClFN2O/c1-2-19-14-8-10(4-6-12(14)17)18-13-7-9(16)3-5-11(13)15/h3-8,18H,2,17H2,1H3. The van der Waals surface area contributed by atoms with Crippen LogP contribution in [0.15, 0.2) is 36.4 Å². The van der Waals surface area contributed by atoms with Crippen molar-refractivity contribution in [3.05, 3.63) is 47.2 Å². The van der Waals surface area contributed by atoms with Gasteiger partial charge in [0.05, 0.1) is 23.0 Å². The average molecular weight is 281 g/mol. The summed E-state index contributed by atoms with van der Waals surface area (Å²) in [4.78, 5) is 0. The minimum atomic E-state index is -0.354. The first kappa shape index (κ1) is 13.5. The smallest absolute Gasteiger partial charge is 0.144 e. The maximum absolute atomic E-state index is 13.2. The zero-order valence-corrected chi connectivity index (χ0v) is 11.2. The van der Waals surface area contributed by atoms with Gasteiger partial charge in [0.15, 0.2) is 0 Å². The lowest BCUT2D eigenvalue weighted by molar-refractivity contribution is 0.342. The van der Waals surface area contributed by atoms with Crippen molar-refractivity contribution < 1.29 is 9.13 Å². The van der Waals surface area contributed by atoms with Crippen LogP contribution in [0.2, 0.25) is 5.02 Å². The van der Waals surface area contributed by atoms with Crippen LogP contribution in [0.5, 0.6) is 5.75 Å². The number of nitrogens with two attached hydrogens (primary N) is 1. The summed E-state index contributed by atoms with van der Waals surface area (Å²) in [6.45, 7) is 2.40. The molecule has 0 saturated heterocycles. The Hall–Kier alpha value is -1.94. The van der Waals surface area contributed by atoms with E-state index in [9.17, 15) is 4.39 Å². The topological polar surface area (TPSA) is 47.3 Å². The lowest BCUT2D eigenvalue weighted by Crippen LogP contribution is -1.99. The molecule has 0 aliphatic carbocycles. The van der Waals surface area contributed by atoms with Crippen molar-refractivity contribution in [1.82, 2.24) is 0 Å². The molecule has 0 saturated carbocycles. The summed E-state index contributed by atoms with van der Waals surface area (Å²) in [6, 6.07) is 9.39. The molecule has 0 aliphatic heterocycles. The van der Waals surface area contributed by atoms with Crippen molar-refractivity contribution in [2.24, 2.45) is 0 Å². The van der Waals surface area contributed by atoms with Gasteiger partial charge in [-0.3, -0.25) is 0 Å². The fourth-order valence-corrected chi connectivity index (χ4v) is 1.81. The number of nitrogens with one attached hydrogen (secondary N) is 1. The molecule has 0 heterocycles. The second-order valence-corrected chi connectivity index (χ2v) is 4.34. The fraction of sp³-hybridized carbons (Fsp3) is 0.143. The molecule has 2 aromatic carbocycles. The van der Waals surface area contributed by atoms with Crippen molar-refractivity contribution in [1.29, 1.82) is 0 Å². The lowest BCUT2D eigenvalue weighted by atomic mass is 10.2. The molecule has 0 atom stereocenters. The van der Waals surface area contributed by atoms with E-state index < -0.39 is 0 Å². The van der Waals surface area contributed by atoms with Crippen molar-refractivity contribution in [3.63, 3.8) is 0 Å². The van der Waals surface area contributed by atoms with Gasteiger partial charge in [-0.1, -0.05) is 11.6 Å². The van der Waals surface area contributed by atoms with Gasteiger partial charge < -0.3 is 15.8 Å². The highest BCUT2D eigenvalue weighted by molar-refractivity contribution is 6.33. The van der Waals surface area contributed by atoms with E-state index in [-0.39, 0.29) is 5.82 Å². The predicted octanol–water partition coefficient (Wildman–Crippen LogP) is 4.20. The Bertz CT molecular complexity index is 590. The second kappa shape index (κ2) is 5.80. The highest BCUT2D eigenvalue weighted by Gasteiger charge is 2.05. The summed E-state index contributed by atoms with van der Waals surface area (Å²) >= 11 is 5.99. The summed E-state index contributed by atoms with van der Waals surface area (Å²) in [5, 5.41) is 3.47. The first-order chi connectivity index (χ1) is 9.10. The third kappa shape index (κ3) is 3.29. The van der Waals surface area contributed by atoms with Crippen LogP contribution < -0.4 is 15.8 Å². The molecular formula is C14H14ClFN2O. The van der Waals surface area contributed by atoms with Gasteiger partial charge in [-0.2, -0.15) is 0 Å². The molecule has 0 radical (unpaired) electrons. The van der Waals surface area contributed by atoms with E-state index in [4.69, 9.17) is 22.1 Å². The van der Waals surface area contributed by atoms with Crippen molar-refractivity contribution in [2.75, 3.05) is 17.7 Å². The van der Waals surface area contributed by atoms with E-state index in [1.165, 1.54) is 18.2 Å². The summed E-state index contributed by atoms with van der Waals surface area (Å²) in [6.07, 6.45) is 0. The molecule has 0 aliphatic rings. The summed E-state index contributed by atoms with van der Waals surface area (Å²) in [5.41, 5.74) is 7.56. The van der Waals surface area contributed by atoms with Crippen LogP contribution >= 0.6 is 11.6 Å². The number of rotatable bonds is 4. The van der Waals surface area contributed by atoms with Crippen molar-refractivity contribution >= 4 is 28.7 Å². The first-order valence-electron chi connectivity index (χ1n) is 5.84. The average Bonchev–Trinajstić information content (AvgIpc) is 2.38. The normalized spacial score (nSPS) is 10.3. The van der Waals surface area contributed by atoms with Crippen LogP contribution in [0.4, 0.5) is 21.5 Å². The van der Waals surface area contributed by atoms with E-state index in [0.29, 0.717) is 28.8 Å². The van der Waals surface area contributed by atoms with Gasteiger partial charge in [0.25, 0.3) is 0 Å². The summed E-state index contributed by atoms with van der Waals surface area (Å²) in [7, 11) is 0. The highest BCUT2D eigenvalue weighted by atomic mass is 35.5. The number of hydrogen-bond acceptors (Lipinski definition) is 3. The van der Waals surface area contributed by atoms with Gasteiger partial charge >= 0.3 is 0 Å². The number of ether oxygens (including phenoxy) is 1. The molecule has 0 amide bonds. The maximum Gasteiger partial charge on any atom is 0.144 e. The maximum atomic E-state index is 13.2. The van der Waals surface area contributed by atoms with Gasteiger partial charge in [0.2, 0.25) is 0 Å². The van der Waals surface area contributed by atoms with E-state index in [2.05, 4.69) is 5.32 Å². The van der Waals surface area contributed by atoms with Crippen LogP contribution in [0.25, 0.3) is 0 Å². The molecule has 5 heteroatoms. The molecule has 2 aromatic rings. The molecule has 0 unspecified atom stereocenters. The molecule has 0 fully saturated rings. The van der Waals surface area contributed by atoms with Gasteiger partial charge in [-0.25, -0.2) is 4.39 Å². The number of anilines is 3. The Morgan fingerprint density at radius 2 is 2.05 bits per heavy atom. The third-order valence-corrected chi connectivity index (χ3v) is 2.85. The second-order valence-electron chi connectivity index (χ2n) is 3.93. The largest absolute Gasteiger partial charge is 0.492 e. The van der Waals surface area contributed by atoms with Crippen LogP contribution in [0, 0.1) is 5.82 Å². The zero-order chi connectivity index (χ0) is 13.8. The first-order valence-corrected chi connectivity index (χ1v) is 6.22. The monoisotopic (exact) mass is 280 g/mol. The molecule has 0 bridgehead atoms. The highest BCUT2D eigenvalue weighted by Crippen LogP contribution is 2.30. The van der Waals surface area contributed by atoms with Crippen LogP contribution in [-0.4, -0.2) is 6.61 Å².